The summed E-state index contributed by atoms with van der Waals surface area (Å²) in [5.41, 5.74) is 13.5. The monoisotopic (exact) mass is 636 g/mol. The Labute approximate surface area is 289 Å². The third-order valence-electron chi connectivity index (χ3n) is 9.98. The minimum absolute atomic E-state index is 0.0221. The zero-order valence-electron chi connectivity index (χ0n) is 27.8. The fraction of sp³-hybridized carbons (Fsp3) is 0.111. The molecule has 240 valence electrons. The first kappa shape index (κ1) is 30.3. The standard InChI is InChI=1S/C45H40N4/c1-31-30-36-27-29-48(45-44(34-16-6-4-7-17-34)46-41-24-12-13-25-42(41)47-45)28-15-23-37(32(31)2)39-20-10-11-21-40(39)38-22-14-26-43(33(38)3)49(36)35-18-8-5-9-19-35/h4-29,36,44-47H,1-2,30H2,3H3/b28-15-,29-27-,37-23+. The van der Waals surface area contributed by atoms with Crippen LogP contribution in [0.15, 0.2) is 182 Å². The van der Waals surface area contributed by atoms with Crippen molar-refractivity contribution in [1.82, 2.24) is 4.90 Å². The average molecular weight is 637 g/mol. The molecule has 0 spiro atoms. The van der Waals surface area contributed by atoms with E-state index in [2.05, 4.69) is 199 Å². The normalized spacial score (nSPS) is 22.3. The number of para-hydroxylation sites is 3. The van der Waals surface area contributed by atoms with E-state index in [0.717, 1.165) is 39.3 Å². The predicted molar refractivity (Wildman–Crippen MR) is 207 cm³/mol. The highest BCUT2D eigenvalue weighted by atomic mass is 15.3. The lowest BCUT2D eigenvalue weighted by atomic mass is 9.86. The van der Waals surface area contributed by atoms with Gasteiger partial charge in [-0.05, 0) is 100 Å². The second-order valence-corrected chi connectivity index (χ2v) is 12.9. The molecule has 5 aromatic rings. The van der Waals surface area contributed by atoms with Crippen molar-refractivity contribution >= 4 is 28.3 Å². The Balaban J connectivity index is 1.36. The molecule has 5 aromatic carbocycles. The van der Waals surface area contributed by atoms with Crippen molar-refractivity contribution in [3.8, 4) is 11.1 Å². The van der Waals surface area contributed by atoms with Crippen LogP contribution in [0.2, 0.25) is 0 Å². The Kier molecular flexibility index (Phi) is 7.98. The first-order chi connectivity index (χ1) is 24.1. The molecular formula is C45H40N4. The second kappa shape index (κ2) is 12.9. The van der Waals surface area contributed by atoms with Crippen molar-refractivity contribution in [2.45, 2.75) is 31.6 Å². The molecule has 2 N–H and O–H groups in total. The van der Waals surface area contributed by atoms with Crippen molar-refractivity contribution in [2.24, 2.45) is 0 Å². The molecule has 4 nitrogen and oxygen atoms in total. The smallest absolute Gasteiger partial charge is 0.127 e. The fourth-order valence-electron chi connectivity index (χ4n) is 7.46. The van der Waals surface area contributed by atoms with E-state index in [4.69, 9.17) is 0 Å². The quantitative estimate of drug-likeness (QED) is 0.206. The number of benzene rings is 5. The molecular weight excluding hydrogens is 597 g/mol. The summed E-state index contributed by atoms with van der Waals surface area (Å²) in [7, 11) is 0. The Morgan fingerprint density at radius 3 is 2.08 bits per heavy atom. The molecule has 0 radical (unpaired) electrons. The molecule has 0 saturated carbocycles. The van der Waals surface area contributed by atoms with Crippen molar-refractivity contribution < 1.29 is 0 Å². The second-order valence-electron chi connectivity index (χ2n) is 12.9. The molecule has 3 aliphatic heterocycles. The van der Waals surface area contributed by atoms with Crippen LogP contribution in [0, 0.1) is 6.92 Å². The number of allylic oxidation sites excluding steroid dienone is 4. The van der Waals surface area contributed by atoms with E-state index < -0.39 is 0 Å². The Hall–Kier alpha value is -6.00. The summed E-state index contributed by atoms with van der Waals surface area (Å²) in [6, 6.07) is 45.1. The maximum atomic E-state index is 4.68. The summed E-state index contributed by atoms with van der Waals surface area (Å²) in [6.45, 7) is 11.6. The van der Waals surface area contributed by atoms with E-state index in [9.17, 15) is 0 Å². The Morgan fingerprint density at radius 1 is 0.653 bits per heavy atom. The highest BCUT2D eigenvalue weighted by Crippen LogP contribution is 2.44. The minimum Gasteiger partial charge on any atom is -0.373 e. The third-order valence-corrected chi connectivity index (χ3v) is 9.98. The number of hydrogen-bond donors (Lipinski definition) is 2. The summed E-state index contributed by atoms with van der Waals surface area (Å²) in [6.07, 6.45) is 11.7. The summed E-state index contributed by atoms with van der Waals surface area (Å²) in [4.78, 5) is 4.78. The Morgan fingerprint density at radius 2 is 1.31 bits per heavy atom. The van der Waals surface area contributed by atoms with E-state index in [1.807, 2.05) is 0 Å². The molecule has 3 heterocycles. The zero-order chi connectivity index (χ0) is 33.3. The van der Waals surface area contributed by atoms with E-state index in [1.54, 1.807) is 0 Å². The molecule has 0 saturated heterocycles. The van der Waals surface area contributed by atoms with Gasteiger partial charge >= 0.3 is 0 Å². The van der Waals surface area contributed by atoms with Crippen LogP contribution in [-0.4, -0.2) is 17.1 Å². The molecule has 0 aromatic heterocycles. The van der Waals surface area contributed by atoms with Crippen LogP contribution < -0.4 is 15.5 Å². The summed E-state index contributed by atoms with van der Waals surface area (Å²) in [5.74, 6) is 0. The zero-order valence-corrected chi connectivity index (χ0v) is 27.8. The SMILES string of the molecule is C=C1CC2/C=C\N(C3Nc4ccccc4NC3c3ccccc3)/C=C\C=C(/C1=C)c1ccccc1-c1cccc(c1C)N2c1ccccc1. The van der Waals surface area contributed by atoms with Gasteiger partial charge in [-0.1, -0.05) is 116 Å². The van der Waals surface area contributed by atoms with Crippen LogP contribution in [0.1, 0.15) is 29.2 Å². The van der Waals surface area contributed by atoms with E-state index in [-0.39, 0.29) is 18.2 Å². The molecule has 49 heavy (non-hydrogen) atoms. The molecule has 8 rings (SSSR count). The van der Waals surface area contributed by atoms with Gasteiger partial charge in [0.15, 0.2) is 0 Å². The van der Waals surface area contributed by atoms with Crippen molar-refractivity contribution in [1.29, 1.82) is 0 Å². The molecule has 4 bridgehead atoms. The highest BCUT2D eigenvalue weighted by molar-refractivity contribution is 5.93. The molecule has 3 aliphatic rings. The molecule has 0 aliphatic carbocycles. The van der Waals surface area contributed by atoms with Crippen LogP contribution in [0.4, 0.5) is 22.7 Å². The van der Waals surface area contributed by atoms with Crippen LogP contribution in [0.5, 0.6) is 0 Å². The lowest BCUT2D eigenvalue weighted by Gasteiger charge is -2.41. The van der Waals surface area contributed by atoms with Gasteiger partial charge in [-0.15, -0.1) is 0 Å². The summed E-state index contributed by atoms with van der Waals surface area (Å²) < 4.78 is 0. The molecule has 0 amide bonds. The van der Waals surface area contributed by atoms with E-state index >= 15 is 0 Å². The van der Waals surface area contributed by atoms with Crippen LogP contribution in [0.3, 0.4) is 0 Å². The predicted octanol–water partition coefficient (Wildman–Crippen LogP) is 11.0. The van der Waals surface area contributed by atoms with E-state index in [0.29, 0.717) is 6.42 Å². The number of anilines is 4. The van der Waals surface area contributed by atoms with Gasteiger partial charge in [-0.2, -0.15) is 0 Å². The first-order valence-electron chi connectivity index (χ1n) is 17.0. The van der Waals surface area contributed by atoms with Gasteiger partial charge in [0.05, 0.1) is 23.5 Å². The third kappa shape index (κ3) is 5.66. The Bertz CT molecular complexity index is 2120. The van der Waals surface area contributed by atoms with Gasteiger partial charge in [-0.3, -0.25) is 0 Å². The molecule has 3 unspecified atom stereocenters. The van der Waals surface area contributed by atoms with E-state index in [1.165, 1.54) is 27.9 Å². The molecule has 0 fully saturated rings. The average Bonchev–Trinajstić information content (AvgIpc) is 3.17. The van der Waals surface area contributed by atoms with Crippen LogP contribution >= 0.6 is 0 Å². The largest absolute Gasteiger partial charge is 0.373 e. The van der Waals surface area contributed by atoms with Crippen LogP contribution in [-0.2, 0) is 0 Å². The van der Waals surface area contributed by atoms with Crippen LogP contribution in [0.25, 0.3) is 16.7 Å². The highest BCUT2D eigenvalue weighted by Gasteiger charge is 2.33. The summed E-state index contributed by atoms with van der Waals surface area (Å²) >= 11 is 0. The lowest BCUT2D eigenvalue weighted by Crippen LogP contribution is -2.45. The molecule has 3 atom stereocenters. The van der Waals surface area contributed by atoms with Crippen molar-refractivity contribution in [2.75, 3.05) is 15.5 Å². The number of rotatable bonds is 3. The fourth-order valence-corrected chi connectivity index (χ4v) is 7.46. The van der Waals surface area contributed by atoms with Gasteiger partial charge in [0.1, 0.15) is 6.17 Å². The number of nitrogens with one attached hydrogen (secondary N) is 2. The first-order valence-corrected chi connectivity index (χ1v) is 17.0. The lowest BCUT2D eigenvalue weighted by molar-refractivity contribution is 0.354. The van der Waals surface area contributed by atoms with Gasteiger partial charge in [0.2, 0.25) is 0 Å². The van der Waals surface area contributed by atoms with Crippen molar-refractivity contribution in [3.63, 3.8) is 0 Å². The molecule has 4 heteroatoms. The van der Waals surface area contributed by atoms with Gasteiger partial charge in [0.25, 0.3) is 0 Å². The van der Waals surface area contributed by atoms with Gasteiger partial charge in [-0.25, -0.2) is 0 Å². The topological polar surface area (TPSA) is 30.5 Å². The number of fused-ring (bicyclic) bond motifs is 10. The number of nitrogens with zero attached hydrogens (tertiary/aromatic N) is 2. The number of hydrogen-bond acceptors (Lipinski definition) is 4. The van der Waals surface area contributed by atoms with Gasteiger partial charge in [0, 0.05) is 23.8 Å². The van der Waals surface area contributed by atoms with Crippen molar-refractivity contribution in [3.05, 3.63) is 199 Å². The maximum Gasteiger partial charge on any atom is 0.127 e. The van der Waals surface area contributed by atoms with Gasteiger partial charge < -0.3 is 20.4 Å². The minimum atomic E-state index is -0.120. The summed E-state index contributed by atoms with van der Waals surface area (Å²) in [5, 5.41) is 7.75. The maximum absolute atomic E-state index is 4.68.